The van der Waals surface area contributed by atoms with Gasteiger partial charge in [-0.05, 0) is 18.7 Å². The normalized spacial score (nSPS) is 12.9. The molecule has 110 valence electrons. The van der Waals surface area contributed by atoms with Crippen LogP contribution in [-0.4, -0.2) is 36.4 Å². The Balaban J connectivity index is 2.69. The Labute approximate surface area is 112 Å². The third-order valence-corrected chi connectivity index (χ3v) is 4.48. The maximum atomic E-state index is 11.9. The third-order valence-electron chi connectivity index (χ3n) is 2.08. The number of hydrogen-bond acceptors (Lipinski definition) is 5. The van der Waals surface area contributed by atoms with Crippen molar-refractivity contribution in [3.8, 4) is 0 Å². The van der Waals surface area contributed by atoms with E-state index < -0.39 is 21.3 Å². The van der Waals surface area contributed by atoms with Crippen molar-refractivity contribution in [3.63, 3.8) is 0 Å². The van der Waals surface area contributed by atoms with Crippen molar-refractivity contribution in [2.45, 2.75) is 23.9 Å². The lowest BCUT2D eigenvalue weighted by Gasteiger charge is -2.08. The summed E-state index contributed by atoms with van der Waals surface area (Å²) in [4.78, 5) is -0.105. The second-order valence-corrected chi connectivity index (χ2v) is 6.38. The largest absolute Gasteiger partial charge is 0.441 e. The smallest absolute Gasteiger partial charge is 0.325 e. The van der Waals surface area contributed by atoms with E-state index in [-0.39, 0.29) is 41.1 Å². The molecule has 4 N–H and O–H groups in total. The van der Waals surface area contributed by atoms with Crippen LogP contribution in [0, 0.1) is 6.92 Å². The summed E-state index contributed by atoms with van der Waals surface area (Å²) >= 11 is -0.289. The summed E-state index contributed by atoms with van der Waals surface area (Å²) in [6, 6.07) is 0. The highest BCUT2D eigenvalue weighted by Crippen LogP contribution is 2.29. The molecular weight excluding hydrogens is 305 g/mol. The molecule has 0 unspecified atom stereocenters. The molecule has 0 aromatic carbocycles. The van der Waals surface area contributed by atoms with Crippen LogP contribution in [0.5, 0.6) is 0 Å². The number of alkyl halides is 3. The van der Waals surface area contributed by atoms with Crippen molar-refractivity contribution in [1.82, 2.24) is 14.9 Å². The average molecular weight is 318 g/mol. The Morgan fingerprint density at radius 3 is 2.63 bits per heavy atom. The van der Waals surface area contributed by atoms with Crippen LogP contribution in [0.25, 0.3) is 0 Å². The highest BCUT2D eigenvalue weighted by Gasteiger charge is 2.28. The molecule has 6 nitrogen and oxygen atoms in total. The number of hydrogen-bond donors (Lipinski definition) is 3. The number of nitrogens with two attached hydrogens (primary N) is 1. The van der Waals surface area contributed by atoms with Crippen LogP contribution in [0.2, 0.25) is 0 Å². The van der Waals surface area contributed by atoms with Crippen molar-refractivity contribution in [1.29, 1.82) is 0 Å². The van der Waals surface area contributed by atoms with E-state index >= 15 is 0 Å². The Hall–Kier alpha value is -0.780. The summed E-state index contributed by atoms with van der Waals surface area (Å²) in [6.07, 6.45) is 0. The minimum Gasteiger partial charge on any atom is -0.325 e. The molecule has 0 saturated carbocycles. The summed E-state index contributed by atoms with van der Waals surface area (Å²) in [6.45, 7) is 1.07. The zero-order valence-corrected chi connectivity index (χ0v) is 11.5. The quantitative estimate of drug-likeness (QED) is 0.671. The molecule has 1 aromatic rings. The third kappa shape index (κ3) is 4.67. The van der Waals surface area contributed by atoms with Crippen molar-refractivity contribution in [2.24, 2.45) is 5.73 Å². The molecule has 0 aliphatic carbocycles. The molecule has 1 rings (SSSR count). The monoisotopic (exact) mass is 318 g/mol. The van der Waals surface area contributed by atoms with Gasteiger partial charge in [-0.25, -0.2) is 13.1 Å². The SMILES string of the molecule is Cc1[nH]nc(CN)c1S(=O)(=O)NCCSC(F)(F)F. The molecule has 0 radical (unpaired) electrons. The fourth-order valence-electron chi connectivity index (χ4n) is 1.38. The Morgan fingerprint density at radius 2 is 2.11 bits per heavy atom. The number of thioether (sulfide) groups is 1. The predicted molar refractivity (Wildman–Crippen MR) is 64.9 cm³/mol. The van der Waals surface area contributed by atoms with Gasteiger partial charge in [-0.2, -0.15) is 18.3 Å². The van der Waals surface area contributed by atoms with Gasteiger partial charge in [0.1, 0.15) is 4.90 Å². The molecule has 0 aliphatic rings. The van der Waals surface area contributed by atoms with Crippen molar-refractivity contribution in [2.75, 3.05) is 12.3 Å². The molecule has 0 atom stereocenters. The number of H-pyrrole nitrogens is 1. The maximum absolute atomic E-state index is 11.9. The fraction of sp³-hybridized carbons (Fsp3) is 0.625. The molecule has 19 heavy (non-hydrogen) atoms. The van der Waals surface area contributed by atoms with Crippen molar-refractivity contribution in [3.05, 3.63) is 11.4 Å². The first-order valence-corrected chi connectivity index (χ1v) is 7.58. The standard InChI is InChI=1S/C8H13F3N4O2S2/c1-5-7(6(4-12)15-14-5)19(16,17)13-2-3-18-8(9,10)11/h13H,2-4,12H2,1H3,(H,14,15). The van der Waals surface area contributed by atoms with Gasteiger partial charge in [-0.15, -0.1) is 0 Å². The number of sulfonamides is 1. The fourth-order valence-corrected chi connectivity index (χ4v) is 3.35. The molecule has 11 heteroatoms. The summed E-state index contributed by atoms with van der Waals surface area (Å²) in [5.41, 5.74) is 1.40. The van der Waals surface area contributed by atoms with Crippen LogP contribution in [0.15, 0.2) is 4.90 Å². The van der Waals surface area contributed by atoms with E-state index in [1.807, 2.05) is 0 Å². The molecule has 0 aliphatic heterocycles. The van der Waals surface area contributed by atoms with E-state index in [0.717, 1.165) is 0 Å². The van der Waals surface area contributed by atoms with Crippen molar-refractivity contribution >= 4 is 21.8 Å². The molecule has 0 amide bonds. The van der Waals surface area contributed by atoms with Gasteiger partial charge < -0.3 is 5.73 Å². The summed E-state index contributed by atoms with van der Waals surface area (Å²) in [7, 11) is -3.91. The second-order valence-electron chi connectivity index (χ2n) is 3.52. The lowest BCUT2D eigenvalue weighted by atomic mass is 10.4. The highest BCUT2D eigenvalue weighted by molar-refractivity contribution is 8.00. The summed E-state index contributed by atoms with van der Waals surface area (Å²) < 4.78 is 61.5. The Bertz CT molecular complexity index is 527. The number of rotatable bonds is 6. The average Bonchev–Trinajstić information content (AvgIpc) is 2.65. The number of nitrogens with zero attached hydrogens (tertiary/aromatic N) is 1. The van der Waals surface area contributed by atoms with Gasteiger partial charge >= 0.3 is 5.51 Å². The predicted octanol–water partition coefficient (Wildman–Crippen LogP) is 0.708. The Kier molecular flexibility index (Phi) is 5.24. The lowest BCUT2D eigenvalue weighted by molar-refractivity contribution is -0.0327. The van der Waals surface area contributed by atoms with E-state index in [1.54, 1.807) is 0 Å². The van der Waals surface area contributed by atoms with Gasteiger partial charge in [-0.3, -0.25) is 5.10 Å². The van der Waals surface area contributed by atoms with Crippen LogP contribution in [0.4, 0.5) is 13.2 Å². The summed E-state index contributed by atoms with van der Waals surface area (Å²) in [5, 5.41) is 6.19. The van der Waals surface area contributed by atoms with Crippen LogP contribution >= 0.6 is 11.8 Å². The minimum absolute atomic E-state index is 0.0854. The van der Waals surface area contributed by atoms with Crippen LogP contribution in [0.3, 0.4) is 0 Å². The molecule has 0 fully saturated rings. The number of aryl methyl sites for hydroxylation is 1. The lowest BCUT2D eigenvalue weighted by Crippen LogP contribution is -2.28. The Morgan fingerprint density at radius 1 is 1.47 bits per heavy atom. The first-order chi connectivity index (χ1) is 8.67. The van der Waals surface area contributed by atoms with Gasteiger partial charge in [0.15, 0.2) is 0 Å². The molecule has 0 bridgehead atoms. The maximum Gasteiger partial charge on any atom is 0.441 e. The van der Waals surface area contributed by atoms with E-state index in [2.05, 4.69) is 14.9 Å². The summed E-state index contributed by atoms with van der Waals surface area (Å²) in [5.74, 6) is -0.405. The molecule has 0 spiro atoms. The number of halogens is 3. The van der Waals surface area contributed by atoms with E-state index in [4.69, 9.17) is 5.73 Å². The first kappa shape index (κ1) is 16.3. The van der Waals surface area contributed by atoms with E-state index in [9.17, 15) is 21.6 Å². The van der Waals surface area contributed by atoms with Crippen LogP contribution in [0.1, 0.15) is 11.4 Å². The van der Waals surface area contributed by atoms with E-state index in [0.29, 0.717) is 0 Å². The first-order valence-electron chi connectivity index (χ1n) is 5.11. The topological polar surface area (TPSA) is 101 Å². The van der Waals surface area contributed by atoms with Crippen molar-refractivity contribution < 1.29 is 21.6 Å². The number of aromatic amines is 1. The van der Waals surface area contributed by atoms with Gasteiger partial charge in [0.2, 0.25) is 10.0 Å². The van der Waals surface area contributed by atoms with Gasteiger partial charge in [0.25, 0.3) is 0 Å². The zero-order valence-electron chi connectivity index (χ0n) is 9.91. The molecule has 0 saturated heterocycles. The highest BCUT2D eigenvalue weighted by atomic mass is 32.2. The molecule has 1 aromatic heterocycles. The zero-order chi connectivity index (χ0) is 14.7. The van der Waals surface area contributed by atoms with Crippen LogP contribution in [-0.2, 0) is 16.6 Å². The van der Waals surface area contributed by atoms with E-state index in [1.165, 1.54) is 6.92 Å². The van der Waals surface area contributed by atoms with Gasteiger partial charge in [0.05, 0.1) is 11.4 Å². The minimum atomic E-state index is -4.38. The number of aromatic nitrogens is 2. The van der Waals surface area contributed by atoms with Gasteiger partial charge in [0, 0.05) is 18.8 Å². The number of nitrogens with one attached hydrogen (secondary N) is 2. The molecular formula is C8H13F3N4O2S2. The molecule has 1 heterocycles. The van der Waals surface area contributed by atoms with Crippen LogP contribution < -0.4 is 10.5 Å². The van der Waals surface area contributed by atoms with Gasteiger partial charge in [-0.1, -0.05) is 0 Å². The second kappa shape index (κ2) is 6.11.